The van der Waals surface area contributed by atoms with Crippen LogP contribution >= 0.6 is 12.4 Å². The van der Waals surface area contributed by atoms with E-state index in [1.165, 1.54) is 5.56 Å². The molecule has 2 aliphatic rings. The molecule has 0 spiro atoms. The average molecular weight is 369 g/mol. The fourth-order valence-electron chi connectivity index (χ4n) is 3.84. The van der Waals surface area contributed by atoms with E-state index >= 15 is 0 Å². The SMILES string of the molecule is Cl.NCC1(C(=O)NCC2(c3ccccc3)CCOCC2)CCOCC1. The summed E-state index contributed by atoms with van der Waals surface area (Å²) in [5.41, 5.74) is 6.72. The summed E-state index contributed by atoms with van der Waals surface area (Å²) in [7, 11) is 0. The van der Waals surface area contributed by atoms with Crippen molar-refractivity contribution in [3.63, 3.8) is 0 Å². The van der Waals surface area contributed by atoms with Crippen molar-refractivity contribution in [1.82, 2.24) is 5.32 Å². The molecule has 0 unspecified atom stereocenters. The lowest BCUT2D eigenvalue weighted by molar-refractivity contribution is -0.136. The molecule has 2 aliphatic heterocycles. The number of rotatable bonds is 5. The van der Waals surface area contributed by atoms with Gasteiger partial charge in [-0.2, -0.15) is 0 Å². The minimum Gasteiger partial charge on any atom is -0.381 e. The van der Waals surface area contributed by atoms with E-state index in [0.29, 0.717) is 39.1 Å². The van der Waals surface area contributed by atoms with Gasteiger partial charge in [-0.05, 0) is 31.2 Å². The zero-order chi connectivity index (χ0) is 16.9. The quantitative estimate of drug-likeness (QED) is 0.834. The topological polar surface area (TPSA) is 73.6 Å². The summed E-state index contributed by atoms with van der Waals surface area (Å²) in [5, 5.41) is 3.22. The Kier molecular flexibility index (Phi) is 7.25. The van der Waals surface area contributed by atoms with Gasteiger partial charge in [-0.1, -0.05) is 30.3 Å². The summed E-state index contributed by atoms with van der Waals surface area (Å²) >= 11 is 0. The fourth-order valence-corrected chi connectivity index (χ4v) is 3.84. The van der Waals surface area contributed by atoms with Gasteiger partial charge >= 0.3 is 0 Å². The maximum absolute atomic E-state index is 12.9. The van der Waals surface area contributed by atoms with Crippen LogP contribution in [0.5, 0.6) is 0 Å². The first kappa shape index (κ1) is 20.2. The predicted molar refractivity (Wildman–Crippen MR) is 100.0 cm³/mol. The van der Waals surface area contributed by atoms with E-state index in [1.54, 1.807) is 0 Å². The summed E-state index contributed by atoms with van der Waals surface area (Å²) in [6, 6.07) is 10.5. The van der Waals surface area contributed by atoms with Crippen LogP contribution < -0.4 is 11.1 Å². The molecule has 3 rings (SSSR count). The molecule has 0 aliphatic carbocycles. The monoisotopic (exact) mass is 368 g/mol. The Morgan fingerprint density at radius 1 is 1.00 bits per heavy atom. The van der Waals surface area contributed by atoms with Gasteiger partial charge in [-0.15, -0.1) is 12.4 Å². The van der Waals surface area contributed by atoms with Gasteiger partial charge in [0.25, 0.3) is 0 Å². The number of hydrogen-bond acceptors (Lipinski definition) is 4. The molecule has 0 radical (unpaired) electrons. The summed E-state index contributed by atoms with van der Waals surface area (Å²) in [5.74, 6) is 0.0788. The number of amides is 1. The van der Waals surface area contributed by atoms with Gasteiger partial charge in [0.05, 0.1) is 5.41 Å². The maximum atomic E-state index is 12.9. The molecule has 0 saturated carbocycles. The highest BCUT2D eigenvalue weighted by molar-refractivity contribution is 5.85. The molecule has 1 aromatic rings. The first-order chi connectivity index (χ1) is 11.7. The number of carbonyl (C=O) groups excluding carboxylic acids is 1. The van der Waals surface area contributed by atoms with Crippen molar-refractivity contribution >= 4 is 18.3 Å². The van der Waals surface area contributed by atoms with Gasteiger partial charge in [0, 0.05) is 44.9 Å². The molecule has 2 saturated heterocycles. The number of benzene rings is 1. The Morgan fingerprint density at radius 3 is 2.12 bits per heavy atom. The molecule has 2 heterocycles. The highest BCUT2D eigenvalue weighted by Gasteiger charge is 2.41. The van der Waals surface area contributed by atoms with Gasteiger partial charge < -0.3 is 20.5 Å². The Labute approximate surface area is 156 Å². The molecule has 5 nitrogen and oxygen atoms in total. The number of ether oxygens (including phenoxy) is 2. The second kappa shape index (κ2) is 8.99. The predicted octanol–water partition coefficient (Wildman–Crippen LogP) is 2.03. The first-order valence-corrected chi connectivity index (χ1v) is 8.90. The Morgan fingerprint density at radius 2 is 1.56 bits per heavy atom. The molecular formula is C19H29ClN2O3. The number of nitrogens with two attached hydrogens (primary N) is 1. The van der Waals surface area contributed by atoms with Crippen LogP contribution in [0.1, 0.15) is 31.2 Å². The molecule has 140 valence electrons. The number of carbonyl (C=O) groups is 1. The van der Waals surface area contributed by atoms with Gasteiger partial charge in [0.2, 0.25) is 5.91 Å². The van der Waals surface area contributed by atoms with E-state index in [9.17, 15) is 4.79 Å². The Hall–Kier alpha value is -1.14. The van der Waals surface area contributed by atoms with Crippen LogP contribution in [0, 0.1) is 5.41 Å². The Bertz CT molecular complexity index is 541. The lowest BCUT2D eigenvalue weighted by Crippen LogP contribution is -2.53. The van der Waals surface area contributed by atoms with E-state index < -0.39 is 5.41 Å². The molecule has 2 fully saturated rings. The third kappa shape index (κ3) is 4.34. The second-order valence-electron chi connectivity index (χ2n) is 7.04. The lowest BCUT2D eigenvalue weighted by atomic mass is 9.73. The zero-order valence-electron chi connectivity index (χ0n) is 14.7. The van der Waals surface area contributed by atoms with E-state index in [1.807, 2.05) is 6.07 Å². The van der Waals surface area contributed by atoms with Crippen LogP contribution in [0.2, 0.25) is 0 Å². The number of hydrogen-bond donors (Lipinski definition) is 2. The van der Waals surface area contributed by atoms with Crippen molar-refractivity contribution < 1.29 is 14.3 Å². The van der Waals surface area contributed by atoms with Crippen LogP contribution in [0.4, 0.5) is 0 Å². The van der Waals surface area contributed by atoms with Gasteiger partial charge in [0.1, 0.15) is 0 Å². The van der Waals surface area contributed by atoms with Crippen molar-refractivity contribution in [3.8, 4) is 0 Å². The van der Waals surface area contributed by atoms with Crippen molar-refractivity contribution in [2.75, 3.05) is 39.5 Å². The van der Waals surface area contributed by atoms with Gasteiger partial charge in [0.15, 0.2) is 0 Å². The lowest BCUT2D eigenvalue weighted by Gasteiger charge is -2.40. The van der Waals surface area contributed by atoms with Crippen molar-refractivity contribution in [1.29, 1.82) is 0 Å². The molecule has 3 N–H and O–H groups in total. The highest BCUT2D eigenvalue weighted by Crippen LogP contribution is 2.35. The molecule has 25 heavy (non-hydrogen) atoms. The number of nitrogens with one attached hydrogen (secondary N) is 1. The van der Waals surface area contributed by atoms with Crippen molar-refractivity contribution in [3.05, 3.63) is 35.9 Å². The van der Waals surface area contributed by atoms with E-state index in [4.69, 9.17) is 15.2 Å². The molecule has 0 bridgehead atoms. The average Bonchev–Trinajstić information content (AvgIpc) is 2.68. The molecular weight excluding hydrogens is 340 g/mol. The van der Waals surface area contributed by atoms with Crippen molar-refractivity contribution in [2.24, 2.45) is 11.1 Å². The van der Waals surface area contributed by atoms with Crippen LogP contribution in [0.25, 0.3) is 0 Å². The van der Waals surface area contributed by atoms with E-state index in [0.717, 1.165) is 26.1 Å². The minimum absolute atomic E-state index is 0. The molecule has 1 aromatic carbocycles. The summed E-state index contributed by atoms with van der Waals surface area (Å²) in [6.45, 7) is 3.72. The van der Waals surface area contributed by atoms with Gasteiger partial charge in [-0.25, -0.2) is 0 Å². The van der Waals surface area contributed by atoms with Crippen LogP contribution in [-0.2, 0) is 19.7 Å². The van der Waals surface area contributed by atoms with Crippen LogP contribution in [0.15, 0.2) is 30.3 Å². The number of halogens is 1. The first-order valence-electron chi connectivity index (χ1n) is 8.90. The molecule has 1 amide bonds. The maximum Gasteiger partial charge on any atom is 0.227 e. The molecule has 6 heteroatoms. The molecule has 0 atom stereocenters. The zero-order valence-corrected chi connectivity index (χ0v) is 15.5. The summed E-state index contributed by atoms with van der Waals surface area (Å²) < 4.78 is 11.0. The third-order valence-corrected chi connectivity index (χ3v) is 5.75. The second-order valence-corrected chi connectivity index (χ2v) is 7.04. The Balaban J connectivity index is 0.00000225. The normalized spacial score (nSPS) is 21.8. The summed E-state index contributed by atoms with van der Waals surface area (Å²) in [4.78, 5) is 12.9. The summed E-state index contributed by atoms with van der Waals surface area (Å²) in [6.07, 6.45) is 3.26. The minimum atomic E-state index is -0.471. The molecule has 0 aromatic heterocycles. The largest absolute Gasteiger partial charge is 0.381 e. The highest BCUT2D eigenvalue weighted by atomic mass is 35.5. The van der Waals surface area contributed by atoms with E-state index in [2.05, 4.69) is 29.6 Å². The van der Waals surface area contributed by atoms with E-state index in [-0.39, 0.29) is 23.7 Å². The van der Waals surface area contributed by atoms with Crippen LogP contribution in [0.3, 0.4) is 0 Å². The third-order valence-electron chi connectivity index (χ3n) is 5.75. The fraction of sp³-hybridized carbons (Fsp3) is 0.632. The van der Waals surface area contributed by atoms with Crippen LogP contribution in [-0.4, -0.2) is 45.4 Å². The van der Waals surface area contributed by atoms with Gasteiger partial charge in [-0.3, -0.25) is 4.79 Å². The van der Waals surface area contributed by atoms with Crippen molar-refractivity contribution in [2.45, 2.75) is 31.1 Å². The smallest absolute Gasteiger partial charge is 0.227 e. The standard InChI is InChI=1S/C19H28N2O3.ClH/c20-14-18(6-10-23-11-7-18)17(22)21-15-19(8-12-24-13-9-19)16-4-2-1-3-5-16;/h1-5H,6-15,20H2,(H,21,22);1H.